The van der Waals surface area contributed by atoms with Crippen molar-refractivity contribution < 1.29 is 22.0 Å². The van der Waals surface area contributed by atoms with E-state index in [9.17, 15) is 22.0 Å². The second-order valence-electron chi connectivity index (χ2n) is 6.68. The lowest BCUT2D eigenvalue weighted by Crippen LogP contribution is -2.41. The highest BCUT2D eigenvalue weighted by molar-refractivity contribution is 7.88. The molecular formula is C19H19ClF2N2O3S. The molecule has 1 aliphatic heterocycles. The zero-order valence-corrected chi connectivity index (χ0v) is 16.4. The van der Waals surface area contributed by atoms with Crippen LogP contribution < -0.4 is 5.32 Å². The molecule has 0 saturated carbocycles. The van der Waals surface area contributed by atoms with Gasteiger partial charge in [-0.25, -0.2) is 21.5 Å². The number of amides is 1. The van der Waals surface area contributed by atoms with Gasteiger partial charge in [0.25, 0.3) is 0 Å². The highest BCUT2D eigenvalue weighted by Gasteiger charge is 2.31. The van der Waals surface area contributed by atoms with Crippen molar-refractivity contribution in [3.63, 3.8) is 0 Å². The van der Waals surface area contributed by atoms with E-state index in [1.165, 1.54) is 10.4 Å². The van der Waals surface area contributed by atoms with Crippen LogP contribution >= 0.6 is 11.6 Å². The molecule has 1 heterocycles. The van der Waals surface area contributed by atoms with Gasteiger partial charge in [-0.1, -0.05) is 23.7 Å². The lowest BCUT2D eigenvalue weighted by molar-refractivity contribution is -0.120. The van der Waals surface area contributed by atoms with Crippen molar-refractivity contribution in [2.75, 3.05) is 18.4 Å². The maximum atomic E-state index is 13.3. The molecule has 3 rings (SSSR count). The molecule has 0 bridgehead atoms. The molecule has 150 valence electrons. The lowest BCUT2D eigenvalue weighted by atomic mass is 9.97. The van der Waals surface area contributed by atoms with E-state index in [1.54, 1.807) is 24.3 Å². The third kappa shape index (κ3) is 5.06. The quantitative estimate of drug-likeness (QED) is 0.787. The van der Waals surface area contributed by atoms with E-state index in [-0.39, 0.29) is 30.4 Å². The Hall–Kier alpha value is -2.03. The van der Waals surface area contributed by atoms with Gasteiger partial charge >= 0.3 is 0 Å². The Kier molecular flexibility index (Phi) is 6.32. The predicted octanol–water partition coefficient (Wildman–Crippen LogP) is 3.80. The van der Waals surface area contributed by atoms with E-state index >= 15 is 0 Å². The van der Waals surface area contributed by atoms with Crippen molar-refractivity contribution in [2.45, 2.75) is 18.6 Å². The molecule has 2 aromatic rings. The Labute approximate surface area is 167 Å². The van der Waals surface area contributed by atoms with Gasteiger partial charge in [0.2, 0.25) is 15.9 Å². The smallest absolute Gasteiger partial charge is 0.227 e. The molecule has 0 atom stereocenters. The van der Waals surface area contributed by atoms with E-state index in [2.05, 4.69) is 5.32 Å². The number of carbonyl (C=O) groups excluding carboxylic acids is 1. The number of benzene rings is 2. The fourth-order valence-corrected chi connectivity index (χ4v) is 4.91. The maximum absolute atomic E-state index is 13.3. The summed E-state index contributed by atoms with van der Waals surface area (Å²) >= 11 is 5.90. The number of carbonyl (C=O) groups is 1. The highest BCUT2D eigenvalue weighted by Crippen LogP contribution is 2.24. The van der Waals surface area contributed by atoms with Crippen molar-refractivity contribution in [1.29, 1.82) is 0 Å². The molecule has 9 heteroatoms. The van der Waals surface area contributed by atoms with Gasteiger partial charge in [0, 0.05) is 35.8 Å². The number of halogens is 3. The Morgan fingerprint density at radius 3 is 2.46 bits per heavy atom. The summed E-state index contributed by atoms with van der Waals surface area (Å²) in [6.45, 7) is 0.442. The van der Waals surface area contributed by atoms with Gasteiger partial charge in [0.1, 0.15) is 0 Å². The minimum atomic E-state index is -3.52. The van der Waals surface area contributed by atoms with Crippen LogP contribution in [0.3, 0.4) is 0 Å². The van der Waals surface area contributed by atoms with Gasteiger partial charge in [-0.15, -0.1) is 0 Å². The third-order valence-electron chi connectivity index (χ3n) is 4.64. The van der Waals surface area contributed by atoms with Crippen LogP contribution in [0.2, 0.25) is 5.02 Å². The van der Waals surface area contributed by atoms with Crippen LogP contribution in [0.25, 0.3) is 0 Å². The van der Waals surface area contributed by atoms with Crippen LogP contribution in [0.1, 0.15) is 18.4 Å². The number of hydrogen-bond acceptors (Lipinski definition) is 3. The number of nitrogens with zero attached hydrogens (tertiary/aromatic N) is 1. The molecule has 2 aromatic carbocycles. The van der Waals surface area contributed by atoms with Crippen LogP contribution in [-0.2, 0) is 20.6 Å². The van der Waals surface area contributed by atoms with Crippen LogP contribution in [0.15, 0.2) is 42.5 Å². The minimum absolute atomic E-state index is 0.153. The van der Waals surface area contributed by atoms with Gasteiger partial charge in [0.15, 0.2) is 11.6 Å². The fraction of sp³-hybridized carbons (Fsp3) is 0.316. The summed E-state index contributed by atoms with van der Waals surface area (Å²) in [5, 5.41) is 3.02. The van der Waals surface area contributed by atoms with E-state index in [4.69, 9.17) is 11.6 Å². The molecule has 1 amide bonds. The SMILES string of the molecule is O=C(Nc1ccc(F)c(F)c1)C1CCN(S(=O)(=O)Cc2cccc(Cl)c2)CC1. The van der Waals surface area contributed by atoms with E-state index in [0.29, 0.717) is 23.4 Å². The second-order valence-corrected chi connectivity index (χ2v) is 9.08. The molecule has 1 aliphatic rings. The minimum Gasteiger partial charge on any atom is -0.326 e. The molecule has 0 radical (unpaired) electrons. The molecule has 0 spiro atoms. The molecule has 0 aliphatic carbocycles. The molecule has 1 fully saturated rings. The van der Waals surface area contributed by atoms with Gasteiger partial charge in [-0.3, -0.25) is 4.79 Å². The van der Waals surface area contributed by atoms with Crippen molar-refractivity contribution in [3.8, 4) is 0 Å². The first-order valence-electron chi connectivity index (χ1n) is 8.73. The van der Waals surface area contributed by atoms with Crippen LogP contribution in [0, 0.1) is 17.6 Å². The van der Waals surface area contributed by atoms with Crippen molar-refractivity contribution >= 4 is 33.2 Å². The van der Waals surface area contributed by atoms with E-state index in [1.807, 2.05) is 0 Å². The Bertz CT molecular complexity index is 977. The molecule has 0 unspecified atom stereocenters. The maximum Gasteiger partial charge on any atom is 0.227 e. The fourth-order valence-electron chi connectivity index (χ4n) is 3.14. The van der Waals surface area contributed by atoms with E-state index < -0.39 is 27.6 Å². The summed E-state index contributed by atoms with van der Waals surface area (Å²) in [4.78, 5) is 12.3. The van der Waals surface area contributed by atoms with Gasteiger partial charge in [0.05, 0.1) is 5.75 Å². The van der Waals surface area contributed by atoms with Crippen molar-refractivity contribution in [3.05, 3.63) is 64.7 Å². The molecule has 5 nitrogen and oxygen atoms in total. The Morgan fingerprint density at radius 2 is 1.82 bits per heavy atom. The number of hydrogen-bond donors (Lipinski definition) is 1. The normalized spacial score (nSPS) is 16.1. The standard InChI is InChI=1S/C19H19ClF2N2O3S/c20-15-3-1-2-13(10-15)12-28(26,27)24-8-6-14(7-9-24)19(25)23-16-4-5-17(21)18(22)11-16/h1-5,10-11,14H,6-9,12H2,(H,23,25). The number of nitrogens with one attached hydrogen (secondary N) is 1. The monoisotopic (exact) mass is 428 g/mol. The zero-order chi connectivity index (χ0) is 20.3. The Balaban J connectivity index is 1.57. The molecular weight excluding hydrogens is 410 g/mol. The first-order chi connectivity index (χ1) is 13.2. The zero-order valence-electron chi connectivity index (χ0n) is 14.9. The third-order valence-corrected chi connectivity index (χ3v) is 6.73. The first kappa shape index (κ1) is 20.7. The van der Waals surface area contributed by atoms with Gasteiger partial charge in [-0.05, 0) is 42.7 Å². The summed E-state index contributed by atoms with van der Waals surface area (Å²) in [5.41, 5.74) is 0.769. The number of anilines is 1. The van der Waals surface area contributed by atoms with Gasteiger partial charge in [-0.2, -0.15) is 0 Å². The predicted molar refractivity (Wildman–Crippen MR) is 103 cm³/mol. The lowest BCUT2D eigenvalue weighted by Gasteiger charge is -2.30. The molecule has 1 saturated heterocycles. The second kappa shape index (κ2) is 8.55. The summed E-state index contributed by atoms with van der Waals surface area (Å²) < 4.78 is 52.8. The van der Waals surface area contributed by atoms with Crippen LogP contribution in [0.4, 0.5) is 14.5 Å². The van der Waals surface area contributed by atoms with Crippen molar-refractivity contribution in [2.24, 2.45) is 5.92 Å². The van der Waals surface area contributed by atoms with Crippen LogP contribution in [-0.4, -0.2) is 31.7 Å². The summed E-state index contributed by atoms with van der Waals surface area (Å²) in [6, 6.07) is 9.82. The molecule has 28 heavy (non-hydrogen) atoms. The average molecular weight is 429 g/mol. The summed E-state index contributed by atoms with van der Waals surface area (Å²) in [5.74, 6) is -2.92. The number of piperidine rings is 1. The summed E-state index contributed by atoms with van der Waals surface area (Å²) in [7, 11) is -3.52. The number of sulfonamides is 1. The number of rotatable bonds is 5. The highest BCUT2D eigenvalue weighted by atomic mass is 35.5. The van der Waals surface area contributed by atoms with Crippen molar-refractivity contribution in [1.82, 2.24) is 4.31 Å². The average Bonchev–Trinajstić information content (AvgIpc) is 2.64. The van der Waals surface area contributed by atoms with Crippen LogP contribution in [0.5, 0.6) is 0 Å². The largest absolute Gasteiger partial charge is 0.326 e. The molecule has 0 aromatic heterocycles. The molecule has 1 N–H and O–H groups in total. The van der Waals surface area contributed by atoms with E-state index in [0.717, 1.165) is 12.1 Å². The topological polar surface area (TPSA) is 66.5 Å². The Morgan fingerprint density at radius 1 is 1.11 bits per heavy atom. The van der Waals surface area contributed by atoms with Gasteiger partial charge < -0.3 is 5.32 Å². The first-order valence-corrected chi connectivity index (χ1v) is 10.7. The summed E-state index contributed by atoms with van der Waals surface area (Å²) in [6.07, 6.45) is 0.703.